The molecular weight excluding hydrogens is 354 g/mol. The van der Waals surface area contributed by atoms with Crippen molar-refractivity contribution in [3.63, 3.8) is 0 Å². The van der Waals surface area contributed by atoms with Crippen LogP contribution in [0.25, 0.3) is 22.0 Å². The number of urea groups is 1. The lowest BCUT2D eigenvalue weighted by Gasteiger charge is -2.34. The average Bonchev–Trinajstić information content (AvgIpc) is 2.73. The van der Waals surface area contributed by atoms with E-state index in [2.05, 4.69) is 4.98 Å². The minimum absolute atomic E-state index is 0.309. The molecule has 6 nitrogen and oxygen atoms in total. The summed E-state index contributed by atoms with van der Waals surface area (Å²) in [5.74, 6) is 1.46. The van der Waals surface area contributed by atoms with Crippen LogP contribution in [0.2, 0.25) is 0 Å². The van der Waals surface area contributed by atoms with Crippen LogP contribution in [0.1, 0.15) is 19.3 Å². The fourth-order valence-electron chi connectivity index (χ4n) is 3.70. The van der Waals surface area contributed by atoms with E-state index in [1.807, 2.05) is 48.5 Å². The van der Waals surface area contributed by atoms with Gasteiger partial charge in [-0.05, 0) is 42.7 Å². The molecule has 4 rings (SSSR count). The Morgan fingerprint density at radius 1 is 1.14 bits per heavy atom. The number of hydrogen-bond donors (Lipinski definition) is 1. The molecule has 1 aliphatic rings. The van der Waals surface area contributed by atoms with Crippen molar-refractivity contribution in [3.05, 3.63) is 54.7 Å². The summed E-state index contributed by atoms with van der Waals surface area (Å²) >= 11 is 0. The number of carbonyl (C=O) groups excluding carboxylic acids is 1. The molecule has 6 heteroatoms. The molecule has 3 aromatic rings. The van der Waals surface area contributed by atoms with Crippen LogP contribution >= 0.6 is 0 Å². The maximum absolute atomic E-state index is 11.6. The smallest absolute Gasteiger partial charge is 0.317 e. The number of nitrogens with zero attached hydrogens (tertiary/aromatic N) is 2. The SMILES string of the molecule is COc1c(-c2ccc(OC3CCCCN3C(N)=O)cc2)ccc2cccnc12. The topological polar surface area (TPSA) is 77.7 Å². The van der Waals surface area contributed by atoms with Crippen molar-refractivity contribution in [1.29, 1.82) is 0 Å². The van der Waals surface area contributed by atoms with Crippen molar-refractivity contribution in [1.82, 2.24) is 9.88 Å². The molecule has 28 heavy (non-hydrogen) atoms. The standard InChI is InChI=1S/C22H23N3O3/c1-27-21-18(12-9-16-5-4-13-24-20(16)21)15-7-10-17(11-8-15)28-19-6-2-3-14-25(19)22(23)26/h4-5,7-13,19H,2-3,6,14H2,1H3,(H2,23,26). The van der Waals surface area contributed by atoms with Crippen LogP contribution in [0.15, 0.2) is 54.7 Å². The second-order valence-corrected chi connectivity index (χ2v) is 6.85. The molecule has 1 atom stereocenters. The molecule has 144 valence electrons. The van der Waals surface area contributed by atoms with Crippen LogP contribution in [0.3, 0.4) is 0 Å². The van der Waals surface area contributed by atoms with E-state index in [0.29, 0.717) is 12.3 Å². The zero-order valence-corrected chi connectivity index (χ0v) is 15.8. The van der Waals surface area contributed by atoms with E-state index in [-0.39, 0.29) is 6.23 Å². The first-order valence-corrected chi connectivity index (χ1v) is 9.42. The van der Waals surface area contributed by atoms with E-state index in [0.717, 1.165) is 47.0 Å². The number of pyridine rings is 1. The van der Waals surface area contributed by atoms with Crippen molar-refractivity contribution >= 4 is 16.9 Å². The minimum Gasteiger partial charge on any atom is -0.494 e. The summed E-state index contributed by atoms with van der Waals surface area (Å²) in [5.41, 5.74) is 8.29. The summed E-state index contributed by atoms with van der Waals surface area (Å²) in [6.45, 7) is 0.638. The summed E-state index contributed by atoms with van der Waals surface area (Å²) in [4.78, 5) is 17.7. The Labute approximate surface area is 163 Å². The molecule has 0 bridgehead atoms. The lowest BCUT2D eigenvalue weighted by Crippen LogP contribution is -2.49. The Morgan fingerprint density at radius 2 is 1.96 bits per heavy atom. The Balaban J connectivity index is 1.60. The van der Waals surface area contributed by atoms with Crippen LogP contribution in [0.4, 0.5) is 4.79 Å². The van der Waals surface area contributed by atoms with E-state index < -0.39 is 6.03 Å². The van der Waals surface area contributed by atoms with Gasteiger partial charge in [0.1, 0.15) is 11.3 Å². The third-order valence-corrected chi connectivity index (χ3v) is 5.10. The summed E-state index contributed by atoms with van der Waals surface area (Å²) in [6.07, 6.45) is 4.22. The van der Waals surface area contributed by atoms with E-state index in [4.69, 9.17) is 15.2 Å². The van der Waals surface area contributed by atoms with Gasteiger partial charge >= 0.3 is 6.03 Å². The third-order valence-electron chi connectivity index (χ3n) is 5.10. The molecule has 0 aliphatic carbocycles. The van der Waals surface area contributed by atoms with Gasteiger partial charge in [0.2, 0.25) is 0 Å². The highest BCUT2D eigenvalue weighted by molar-refractivity contribution is 5.92. The zero-order chi connectivity index (χ0) is 19.5. The number of nitrogens with two attached hydrogens (primary N) is 1. The van der Waals surface area contributed by atoms with Crippen molar-refractivity contribution in [2.24, 2.45) is 5.73 Å². The maximum Gasteiger partial charge on any atom is 0.317 e. The van der Waals surface area contributed by atoms with Crippen molar-refractivity contribution in [2.75, 3.05) is 13.7 Å². The van der Waals surface area contributed by atoms with Gasteiger partial charge in [-0.3, -0.25) is 9.88 Å². The molecule has 2 amide bonds. The van der Waals surface area contributed by atoms with Gasteiger partial charge in [0.25, 0.3) is 0 Å². The maximum atomic E-state index is 11.6. The van der Waals surface area contributed by atoms with Gasteiger partial charge in [0, 0.05) is 30.1 Å². The number of aromatic nitrogens is 1. The molecule has 0 radical (unpaired) electrons. The third kappa shape index (κ3) is 3.45. The molecule has 1 aliphatic heterocycles. The predicted octanol–water partition coefficient (Wildman–Crippen LogP) is 4.18. The minimum atomic E-state index is -0.435. The quantitative estimate of drug-likeness (QED) is 0.740. The highest BCUT2D eigenvalue weighted by Gasteiger charge is 2.26. The zero-order valence-electron chi connectivity index (χ0n) is 15.8. The number of fused-ring (bicyclic) bond motifs is 1. The number of piperidine rings is 1. The second kappa shape index (κ2) is 7.76. The van der Waals surface area contributed by atoms with Crippen molar-refractivity contribution < 1.29 is 14.3 Å². The van der Waals surface area contributed by atoms with Crippen molar-refractivity contribution in [3.8, 4) is 22.6 Å². The number of amides is 2. The molecule has 2 N–H and O–H groups in total. The van der Waals surface area contributed by atoms with Crippen LogP contribution in [-0.2, 0) is 0 Å². The first kappa shape index (κ1) is 18.1. The molecule has 1 aromatic heterocycles. The predicted molar refractivity (Wildman–Crippen MR) is 108 cm³/mol. The number of carbonyl (C=O) groups is 1. The molecule has 1 unspecified atom stereocenters. The van der Waals surface area contributed by atoms with Gasteiger partial charge < -0.3 is 15.2 Å². The first-order valence-electron chi connectivity index (χ1n) is 9.42. The molecule has 1 fully saturated rings. The van der Waals surface area contributed by atoms with Gasteiger partial charge in [-0.2, -0.15) is 0 Å². The van der Waals surface area contributed by atoms with Crippen LogP contribution < -0.4 is 15.2 Å². The molecule has 2 aromatic carbocycles. The number of primary amides is 1. The number of hydrogen-bond acceptors (Lipinski definition) is 4. The highest BCUT2D eigenvalue weighted by atomic mass is 16.5. The lowest BCUT2D eigenvalue weighted by atomic mass is 10.0. The van der Waals surface area contributed by atoms with Gasteiger partial charge in [-0.1, -0.05) is 24.3 Å². The van der Waals surface area contributed by atoms with Gasteiger partial charge in [0.15, 0.2) is 12.0 Å². The molecule has 0 saturated carbocycles. The first-order chi connectivity index (χ1) is 13.7. The Morgan fingerprint density at radius 3 is 2.71 bits per heavy atom. The fourth-order valence-corrected chi connectivity index (χ4v) is 3.70. The van der Waals surface area contributed by atoms with Crippen LogP contribution in [0, 0.1) is 0 Å². The van der Waals surface area contributed by atoms with Crippen molar-refractivity contribution in [2.45, 2.75) is 25.5 Å². The Bertz CT molecular complexity index is 988. The Kier molecular flexibility index (Phi) is 5.02. The van der Waals surface area contributed by atoms with Gasteiger partial charge in [-0.15, -0.1) is 0 Å². The number of methoxy groups -OCH3 is 1. The second-order valence-electron chi connectivity index (χ2n) is 6.85. The molecule has 0 spiro atoms. The van der Waals surface area contributed by atoms with Crippen LogP contribution in [0.5, 0.6) is 11.5 Å². The fraction of sp³-hybridized carbons (Fsp3) is 0.273. The normalized spacial score (nSPS) is 16.8. The number of rotatable bonds is 4. The van der Waals surface area contributed by atoms with E-state index in [9.17, 15) is 4.79 Å². The number of benzene rings is 2. The highest BCUT2D eigenvalue weighted by Crippen LogP contribution is 2.36. The Hall–Kier alpha value is -3.28. The molecular formula is C22H23N3O3. The average molecular weight is 377 g/mol. The number of likely N-dealkylation sites (tertiary alicyclic amines) is 1. The van der Waals surface area contributed by atoms with Gasteiger partial charge in [-0.25, -0.2) is 4.79 Å². The van der Waals surface area contributed by atoms with Gasteiger partial charge in [0.05, 0.1) is 7.11 Å². The summed E-state index contributed by atoms with van der Waals surface area (Å²) in [5, 5.41) is 1.03. The summed E-state index contributed by atoms with van der Waals surface area (Å²) < 4.78 is 11.7. The number of ether oxygens (including phenoxy) is 2. The monoisotopic (exact) mass is 377 g/mol. The molecule has 2 heterocycles. The largest absolute Gasteiger partial charge is 0.494 e. The lowest BCUT2D eigenvalue weighted by molar-refractivity contribution is 0.0270. The van der Waals surface area contributed by atoms with E-state index in [1.54, 1.807) is 18.2 Å². The van der Waals surface area contributed by atoms with E-state index >= 15 is 0 Å². The summed E-state index contributed by atoms with van der Waals surface area (Å²) in [7, 11) is 1.66. The van der Waals surface area contributed by atoms with Crippen LogP contribution in [-0.4, -0.2) is 35.8 Å². The van der Waals surface area contributed by atoms with E-state index in [1.165, 1.54) is 0 Å². The molecule has 1 saturated heterocycles. The summed E-state index contributed by atoms with van der Waals surface area (Å²) in [6, 6.07) is 15.4.